The predicted octanol–water partition coefficient (Wildman–Crippen LogP) is -2.57. The van der Waals surface area contributed by atoms with Crippen LogP contribution in [-0.2, 0) is 9.47 Å². The molecule has 78 valence electrons. The van der Waals surface area contributed by atoms with E-state index in [9.17, 15) is 10.2 Å². The van der Waals surface area contributed by atoms with E-state index in [2.05, 4.69) is 0 Å². The molecule has 1 saturated heterocycles. The van der Waals surface area contributed by atoms with Crippen LogP contribution in [0.15, 0.2) is 0 Å². The van der Waals surface area contributed by atoms with Crippen LogP contribution in [0.2, 0.25) is 0 Å². The first-order valence-corrected chi connectivity index (χ1v) is 3.95. The second-order valence-electron chi connectivity index (χ2n) is 2.93. The number of aliphatic hydroxyl groups excluding tert-OH is 4. The van der Waals surface area contributed by atoms with Crippen LogP contribution in [0, 0.1) is 0 Å². The Hall–Kier alpha value is -0.240. The van der Waals surface area contributed by atoms with Gasteiger partial charge >= 0.3 is 0 Å². The fraction of sp³-hybridized carbons (Fsp3) is 1.00. The van der Waals surface area contributed by atoms with Gasteiger partial charge in [-0.1, -0.05) is 0 Å². The fourth-order valence-corrected chi connectivity index (χ4v) is 1.35. The van der Waals surface area contributed by atoms with Crippen LogP contribution in [0.25, 0.3) is 0 Å². The molecule has 1 aliphatic heterocycles. The highest BCUT2D eigenvalue weighted by atomic mass is 16.6. The van der Waals surface area contributed by atoms with Gasteiger partial charge in [-0.25, -0.2) is 0 Å². The third kappa shape index (κ3) is 1.98. The molecule has 1 rings (SSSR count). The van der Waals surface area contributed by atoms with Crippen LogP contribution >= 0.6 is 0 Å². The maximum Gasteiger partial charge on any atom is 0.184 e. The van der Waals surface area contributed by atoms with Crippen LogP contribution in [0.1, 0.15) is 0 Å². The minimum Gasteiger partial charge on any atom is -0.394 e. The molecule has 1 heterocycles. The van der Waals surface area contributed by atoms with Gasteiger partial charge in [0.15, 0.2) is 6.29 Å². The molecule has 1 fully saturated rings. The second kappa shape index (κ2) is 4.32. The van der Waals surface area contributed by atoms with Gasteiger partial charge in [-0.2, -0.15) is 0 Å². The van der Waals surface area contributed by atoms with Gasteiger partial charge in [0.2, 0.25) is 0 Å². The van der Waals surface area contributed by atoms with Gasteiger partial charge in [0.1, 0.15) is 24.4 Å². The summed E-state index contributed by atoms with van der Waals surface area (Å²) in [7, 11) is 1.30. The molecule has 0 aliphatic carbocycles. The van der Waals surface area contributed by atoms with E-state index < -0.39 is 37.3 Å². The molecule has 0 unspecified atom stereocenters. The SMILES string of the molecule is CO[C@@H]1[C@@H](O)[C@H](CO)O[C@@H](O)[C@H]1O. The lowest BCUT2D eigenvalue weighted by molar-refractivity contribution is -0.290. The summed E-state index contributed by atoms with van der Waals surface area (Å²) in [4.78, 5) is 0. The first kappa shape index (κ1) is 10.8. The Labute approximate surface area is 75.3 Å². The van der Waals surface area contributed by atoms with Crippen LogP contribution in [-0.4, -0.2) is 64.8 Å². The van der Waals surface area contributed by atoms with Gasteiger partial charge < -0.3 is 29.9 Å². The molecule has 0 spiro atoms. The van der Waals surface area contributed by atoms with Crippen molar-refractivity contribution < 1.29 is 29.9 Å². The number of hydrogen-bond acceptors (Lipinski definition) is 6. The molecule has 6 nitrogen and oxygen atoms in total. The zero-order valence-electron chi connectivity index (χ0n) is 7.20. The molecule has 0 amide bonds. The third-order valence-electron chi connectivity index (χ3n) is 2.11. The molecule has 0 radical (unpaired) electrons. The highest BCUT2D eigenvalue weighted by Crippen LogP contribution is 2.21. The highest BCUT2D eigenvalue weighted by molar-refractivity contribution is 4.89. The minimum atomic E-state index is -1.44. The first-order chi connectivity index (χ1) is 6.11. The minimum absolute atomic E-state index is 0.440. The quantitative estimate of drug-likeness (QED) is 0.386. The Balaban J connectivity index is 2.69. The van der Waals surface area contributed by atoms with E-state index in [-0.39, 0.29) is 0 Å². The van der Waals surface area contributed by atoms with E-state index in [0.29, 0.717) is 0 Å². The Morgan fingerprint density at radius 3 is 2.31 bits per heavy atom. The van der Waals surface area contributed by atoms with Crippen molar-refractivity contribution in [3.05, 3.63) is 0 Å². The van der Waals surface area contributed by atoms with Crippen molar-refractivity contribution in [3.63, 3.8) is 0 Å². The molecular weight excluding hydrogens is 180 g/mol. The molecule has 0 aromatic heterocycles. The lowest BCUT2D eigenvalue weighted by Gasteiger charge is -2.39. The van der Waals surface area contributed by atoms with E-state index in [1.165, 1.54) is 7.11 Å². The summed E-state index contributed by atoms with van der Waals surface area (Å²) in [5, 5.41) is 36.6. The summed E-state index contributed by atoms with van der Waals surface area (Å²) < 4.78 is 9.48. The lowest BCUT2D eigenvalue weighted by Crippen LogP contribution is -2.59. The van der Waals surface area contributed by atoms with Gasteiger partial charge in [-0.3, -0.25) is 0 Å². The van der Waals surface area contributed by atoms with Crippen LogP contribution < -0.4 is 0 Å². The molecular formula is C7H14O6. The monoisotopic (exact) mass is 194 g/mol. The number of aliphatic hydroxyl groups is 4. The molecule has 0 aromatic rings. The van der Waals surface area contributed by atoms with Crippen molar-refractivity contribution in [1.82, 2.24) is 0 Å². The van der Waals surface area contributed by atoms with Gasteiger partial charge in [-0.05, 0) is 0 Å². The average molecular weight is 194 g/mol. The number of ether oxygens (including phenoxy) is 2. The molecule has 6 heteroatoms. The smallest absolute Gasteiger partial charge is 0.184 e. The maximum atomic E-state index is 9.44. The summed E-state index contributed by atoms with van der Waals surface area (Å²) in [6.45, 7) is -0.440. The van der Waals surface area contributed by atoms with E-state index in [1.807, 2.05) is 0 Å². The van der Waals surface area contributed by atoms with Crippen LogP contribution in [0.3, 0.4) is 0 Å². The third-order valence-corrected chi connectivity index (χ3v) is 2.11. The maximum absolute atomic E-state index is 9.44. The Morgan fingerprint density at radius 2 is 1.85 bits per heavy atom. The summed E-state index contributed by atoms with van der Waals surface area (Å²) >= 11 is 0. The Bertz CT molecular complexity index is 163. The van der Waals surface area contributed by atoms with Crippen molar-refractivity contribution in [1.29, 1.82) is 0 Å². The lowest BCUT2D eigenvalue weighted by atomic mass is 9.99. The first-order valence-electron chi connectivity index (χ1n) is 3.95. The highest BCUT2D eigenvalue weighted by Gasteiger charge is 2.43. The normalized spacial score (nSPS) is 46.4. The zero-order chi connectivity index (χ0) is 10.0. The van der Waals surface area contributed by atoms with Gasteiger partial charge in [0, 0.05) is 7.11 Å². The molecule has 5 atom stereocenters. The van der Waals surface area contributed by atoms with Gasteiger partial charge in [-0.15, -0.1) is 0 Å². The predicted molar refractivity (Wildman–Crippen MR) is 40.8 cm³/mol. The van der Waals surface area contributed by atoms with Gasteiger partial charge in [0.25, 0.3) is 0 Å². The standard InChI is InChI=1S/C7H14O6/c1-12-6-4(9)3(2-8)13-7(11)5(6)10/h3-11H,2H2,1H3/t3-,4-,5-,6+,7+/m0/s1. The van der Waals surface area contributed by atoms with Crippen LogP contribution in [0.4, 0.5) is 0 Å². The second-order valence-corrected chi connectivity index (χ2v) is 2.93. The molecule has 0 saturated carbocycles. The topological polar surface area (TPSA) is 99.4 Å². The summed E-state index contributed by atoms with van der Waals surface area (Å²) in [6.07, 6.45) is -5.76. The number of hydrogen-bond donors (Lipinski definition) is 4. The van der Waals surface area contributed by atoms with E-state index in [1.54, 1.807) is 0 Å². The largest absolute Gasteiger partial charge is 0.394 e. The summed E-state index contributed by atoms with van der Waals surface area (Å²) in [5.74, 6) is 0. The molecule has 0 aromatic carbocycles. The summed E-state index contributed by atoms with van der Waals surface area (Å²) in [5.41, 5.74) is 0. The Morgan fingerprint density at radius 1 is 1.23 bits per heavy atom. The van der Waals surface area contributed by atoms with Gasteiger partial charge in [0.05, 0.1) is 6.61 Å². The van der Waals surface area contributed by atoms with Crippen molar-refractivity contribution >= 4 is 0 Å². The Kier molecular flexibility index (Phi) is 3.60. The molecule has 1 aliphatic rings. The fourth-order valence-electron chi connectivity index (χ4n) is 1.35. The van der Waals surface area contributed by atoms with E-state index >= 15 is 0 Å². The van der Waals surface area contributed by atoms with Crippen molar-refractivity contribution in [2.24, 2.45) is 0 Å². The van der Waals surface area contributed by atoms with Crippen molar-refractivity contribution in [2.75, 3.05) is 13.7 Å². The average Bonchev–Trinajstić information content (AvgIpc) is 2.12. The van der Waals surface area contributed by atoms with E-state index in [0.717, 1.165) is 0 Å². The number of methoxy groups -OCH3 is 1. The van der Waals surface area contributed by atoms with Crippen LogP contribution in [0.5, 0.6) is 0 Å². The molecule has 0 bridgehead atoms. The molecule has 4 N–H and O–H groups in total. The van der Waals surface area contributed by atoms with E-state index in [4.69, 9.17) is 19.7 Å². The van der Waals surface area contributed by atoms with Crippen molar-refractivity contribution in [3.8, 4) is 0 Å². The molecule has 13 heavy (non-hydrogen) atoms. The summed E-state index contributed by atoms with van der Waals surface area (Å²) in [6, 6.07) is 0. The number of rotatable bonds is 2. The zero-order valence-corrected chi connectivity index (χ0v) is 7.20. The van der Waals surface area contributed by atoms with Crippen molar-refractivity contribution in [2.45, 2.75) is 30.7 Å².